The fourth-order valence-corrected chi connectivity index (χ4v) is 3.04. The lowest BCUT2D eigenvalue weighted by Gasteiger charge is -2.15. The van der Waals surface area contributed by atoms with Crippen molar-refractivity contribution in [2.24, 2.45) is 0 Å². The molecule has 2 aromatic carbocycles. The number of alkyl halides is 1. The summed E-state index contributed by atoms with van der Waals surface area (Å²) in [4.78, 5) is 0.0882. The molecular formula is C16H16BrClO. The topological polar surface area (TPSA) is 9.23 Å². The minimum absolute atomic E-state index is 0.0882. The van der Waals surface area contributed by atoms with Gasteiger partial charge in [0.25, 0.3) is 0 Å². The number of ether oxygens (including phenoxy) is 1. The fraction of sp³-hybridized carbons (Fsp3) is 0.250. The molecule has 0 radical (unpaired) electrons. The van der Waals surface area contributed by atoms with Crippen LogP contribution in [0.15, 0.2) is 36.4 Å². The summed E-state index contributed by atoms with van der Waals surface area (Å²) in [5.74, 6) is 0.772. The van der Waals surface area contributed by atoms with Crippen LogP contribution in [-0.4, -0.2) is 7.11 Å². The van der Waals surface area contributed by atoms with Crippen LogP contribution in [0, 0.1) is 13.8 Å². The number of hydrogen-bond donors (Lipinski definition) is 0. The molecule has 0 saturated carbocycles. The Balaban J connectivity index is 2.38. The summed E-state index contributed by atoms with van der Waals surface area (Å²) in [6, 6.07) is 12.2. The van der Waals surface area contributed by atoms with Crippen LogP contribution in [0.5, 0.6) is 5.75 Å². The van der Waals surface area contributed by atoms with Crippen LogP contribution >= 0.6 is 27.5 Å². The predicted molar refractivity (Wildman–Crippen MR) is 84.7 cm³/mol. The van der Waals surface area contributed by atoms with Crippen molar-refractivity contribution in [3.05, 3.63) is 63.7 Å². The summed E-state index contributed by atoms with van der Waals surface area (Å²) in [6.07, 6.45) is 0. The smallest absolute Gasteiger partial charge is 0.120 e. The van der Waals surface area contributed by atoms with Gasteiger partial charge in [-0.1, -0.05) is 51.8 Å². The first kappa shape index (κ1) is 14.4. The zero-order valence-electron chi connectivity index (χ0n) is 11.2. The summed E-state index contributed by atoms with van der Waals surface area (Å²) in [6.45, 7) is 4.23. The van der Waals surface area contributed by atoms with Gasteiger partial charge < -0.3 is 4.74 Å². The van der Waals surface area contributed by atoms with Gasteiger partial charge in [0.15, 0.2) is 0 Å². The maximum atomic E-state index is 6.31. The van der Waals surface area contributed by atoms with E-state index in [-0.39, 0.29) is 4.83 Å². The number of methoxy groups -OCH3 is 1. The quantitative estimate of drug-likeness (QED) is 0.676. The molecule has 0 N–H and O–H groups in total. The highest BCUT2D eigenvalue weighted by atomic mass is 79.9. The number of benzene rings is 2. The van der Waals surface area contributed by atoms with Crippen LogP contribution in [0.25, 0.3) is 0 Å². The van der Waals surface area contributed by atoms with Gasteiger partial charge in [0.2, 0.25) is 0 Å². The summed E-state index contributed by atoms with van der Waals surface area (Å²) >= 11 is 10.0. The molecule has 100 valence electrons. The number of halogens is 2. The number of rotatable bonds is 3. The molecule has 0 saturated heterocycles. The molecule has 0 bridgehead atoms. The van der Waals surface area contributed by atoms with Crippen LogP contribution in [0.2, 0.25) is 5.02 Å². The minimum Gasteiger partial charge on any atom is -0.497 e. The minimum atomic E-state index is 0.0882. The molecule has 1 atom stereocenters. The normalized spacial score (nSPS) is 12.3. The van der Waals surface area contributed by atoms with Crippen molar-refractivity contribution in [1.82, 2.24) is 0 Å². The molecule has 0 aliphatic heterocycles. The molecule has 2 aromatic rings. The van der Waals surface area contributed by atoms with E-state index in [0.29, 0.717) is 5.02 Å². The Kier molecular flexibility index (Phi) is 4.54. The molecule has 0 heterocycles. The van der Waals surface area contributed by atoms with E-state index in [9.17, 15) is 0 Å². The molecule has 19 heavy (non-hydrogen) atoms. The summed E-state index contributed by atoms with van der Waals surface area (Å²) in [7, 11) is 1.64. The lowest BCUT2D eigenvalue weighted by atomic mass is 10.0. The second-order valence-corrected chi connectivity index (χ2v) is 5.92. The third kappa shape index (κ3) is 3.13. The molecule has 2 rings (SSSR count). The second-order valence-electron chi connectivity index (χ2n) is 4.59. The van der Waals surface area contributed by atoms with Crippen LogP contribution < -0.4 is 4.74 Å². The Hall–Kier alpha value is -0.990. The summed E-state index contributed by atoms with van der Waals surface area (Å²) < 4.78 is 5.17. The Morgan fingerprint density at radius 3 is 2.37 bits per heavy atom. The lowest BCUT2D eigenvalue weighted by Crippen LogP contribution is -1.96. The molecular weight excluding hydrogens is 324 g/mol. The summed E-state index contributed by atoms with van der Waals surface area (Å²) in [5.41, 5.74) is 4.83. The molecule has 0 fully saturated rings. The van der Waals surface area contributed by atoms with E-state index in [1.165, 1.54) is 16.7 Å². The van der Waals surface area contributed by atoms with Crippen molar-refractivity contribution >= 4 is 27.5 Å². The monoisotopic (exact) mass is 338 g/mol. The maximum absolute atomic E-state index is 6.31. The van der Waals surface area contributed by atoms with Gasteiger partial charge in [-0.15, -0.1) is 0 Å². The standard InChI is InChI=1S/C16H16BrClO/c1-10-4-5-12(8-11(10)2)16(17)14-7-6-13(19-3)9-15(14)18/h4-9,16H,1-3H3. The third-order valence-corrected chi connectivity index (χ3v) is 4.65. The van der Waals surface area contributed by atoms with Gasteiger partial charge in [0, 0.05) is 5.02 Å². The Morgan fingerprint density at radius 1 is 1.05 bits per heavy atom. The molecule has 1 unspecified atom stereocenters. The molecule has 0 spiro atoms. The van der Waals surface area contributed by atoms with Gasteiger partial charge in [0.05, 0.1) is 11.9 Å². The zero-order chi connectivity index (χ0) is 14.0. The second kappa shape index (κ2) is 5.98. The van der Waals surface area contributed by atoms with Crippen LogP contribution in [0.1, 0.15) is 27.1 Å². The van der Waals surface area contributed by atoms with Crippen LogP contribution in [-0.2, 0) is 0 Å². The Labute approximate surface area is 127 Å². The largest absolute Gasteiger partial charge is 0.497 e. The zero-order valence-corrected chi connectivity index (χ0v) is 13.5. The van der Waals surface area contributed by atoms with E-state index >= 15 is 0 Å². The molecule has 0 amide bonds. The van der Waals surface area contributed by atoms with Crippen molar-refractivity contribution in [2.75, 3.05) is 7.11 Å². The van der Waals surface area contributed by atoms with Crippen LogP contribution in [0.3, 0.4) is 0 Å². The molecule has 3 heteroatoms. The van der Waals surface area contributed by atoms with Gasteiger partial charge in [0.1, 0.15) is 5.75 Å². The highest BCUT2D eigenvalue weighted by Crippen LogP contribution is 2.37. The molecule has 0 aliphatic carbocycles. The van der Waals surface area contributed by atoms with Gasteiger partial charge in [-0.2, -0.15) is 0 Å². The molecule has 0 aromatic heterocycles. The van der Waals surface area contributed by atoms with E-state index in [1.807, 2.05) is 18.2 Å². The number of hydrogen-bond acceptors (Lipinski definition) is 1. The summed E-state index contributed by atoms with van der Waals surface area (Å²) in [5, 5.41) is 0.708. The van der Waals surface area contributed by atoms with Gasteiger partial charge >= 0.3 is 0 Å². The van der Waals surface area contributed by atoms with Crippen LogP contribution in [0.4, 0.5) is 0 Å². The van der Waals surface area contributed by atoms with Gasteiger partial charge in [-0.3, -0.25) is 0 Å². The number of aryl methyl sites for hydroxylation is 2. The lowest BCUT2D eigenvalue weighted by molar-refractivity contribution is 0.414. The van der Waals surface area contributed by atoms with Gasteiger partial charge in [-0.05, 0) is 48.2 Å². The Bertz CT molecular complexity index is 595. The van der Waals surface area contributed by atoms with Crippen molar-refractivity contribution in [2.45, 2.75) is 18.7 Å². The average Bonchev–Trinajstić information content (AvgIpc) is 2.41. The highest BCUT2D eigenvalue weighted by molar-refractivity contribution is 9.09. The van der Waals surface area contributed by atoms with Crippen molar-refractivity contribution in [3.8, 4) is 5.75 Å². The van der Waals surface area contributed by atoms with E-state index < -0.39 is 0 Å². The fourth-order valence-electron chi connectivity index (χ4n) is 1.94. The SMILES string of the molecule is COc1ccc(C(Br)c2ccc(C)c(C)c2)c(Cl)c1. The first-order chi connectivity index (χ1) is 9.02. The molecule has 1 nitrogen and oxygen atoms in total. The third-order valence-electron chi connectivity index (χ3n) is 3.30. The maximum Gasteiger partial charge on any atom is 0.120 e. The first-order valence-electron chi connectivity index (χ1n) is 6.07. The Morgan fingerprint density at radius 2 is 1.79 bits per heavy atom. The van der Waals surface area contributed by atoms with Crippen molar-refractivity contribution < 1.29 is 4.74 Å². The highest BCUT2D eigenvalue weighted by Gasteiger charge is 2.14. The van der Waals surface area contributed by atoms with Crippen molar-refractivity contribution in [3.63, 3.8) is 0 Å². The average molecular weight is 340 g/mol. The van der Waals surface area contributed by atoms with Crippen molar-refractivity contribution in [1.29, 1.82) is 0 Å². The van der Waals surface area contributed by atoms with E-state index in [2.05, 4.69) is 48.0 Å². The molecule has 0 aliphatic rings. The van der Waals surface area contributed by atoms with E-state index in [1.54, 1.807) is 7.11 Å². The van der Waals surface area contributed by atoms with E-state index in [4.69, 9.17) is 16.3 Å². The predicted octanol–water partition coefficient (Wildman–Crippen LogP) is 5.45. The first-order valence-corrected chi connectivity index (χ1v) is 7.37. The van der Waals surface area contributed by atoms with E-state index in [0.717, 1.165) is 11.3 Å². The van der Waals surface area contributed by atoms with Gasteiger partial charge in [-0.25, -0.2) is 0 Å².